The fourth-order valence-corrected chi connectivity index (χ4v) is 4.95. The van der Waals surface area contributed by atoms with Crippen molar-refractivity contribution in [2.75, 3.05) is 31.6 Å². The minimum absolute atomic E-state index is 0.105. The number of hydrogen-bond donors (Lipinski definition) is 3. The standard InChI is InChI=1S/C25H29F3N4O3/c1-29-22(33)17-7-8-21(30-14-17)32-11-9-16(10-12-32)20-13-18(20)15-31-23(34)24(35,25(26,27)28)19-5-3-2-4-6-19/h2-8,14,16,18,20,35H,9-13,15H2,1H3,(H,29,33)(H,31,34)/t18-,20+,24?/m0/s1. The van der Waals surface area contributed by atoms with Gasteiger partial charge in [0.2, 0.25) is 0 Å². The lowest BCUT2D eigenvalue weighted by Crippen LogP contribution is -2.54. The second kappa shape index (κ2) is 9.85. The first-order chi connectivity index (χ1) is 16.6. The number of carbonyl (C=O) groups is 2. The van der Waals surface area contributed by atoms with E-state index in [1.807, 2.05) is 6.07 Å². The molecule has 3 atom stereocenters. The van der Waals surface area contributed by atoms with Gasteiger partial charge in [0.15, 0.2) is 0 Å². The molecule has 0 spiro atoms. The van der Waals surface area contributed by atoms with Gasteiger partial charge in [-0.3, -0.25) is 9.59 Å². The molecule has 4 rings (SSSR count). The maximum atomic E-state index is 13.7. The molecular formula is C25H29F3N4O3. The van der Waals surface area contributed by atoms with E-state index in [2.05, 4.69) is 20.5 Å². The highest BCUT2D eigenvalue weighted by Gasteiger charge is 2.61. The van der Waals surface area contributed by atoms with Gasteiger partial charge in [-0.15, -0.1) is 0 Å². The van der Waals surface area contributed by atoms with Crippen LogP contribution in [0.5, 0.6) is 0 Å². The summed E-state index contributed by atoms with van der Waals surface area (Å²) in [6, 6.07) is 10.00. The van der Waals surface area contributed by atoms with Crippen molar-refractivity contribution in [3.63, 3.8) is 0 Å². The van der Waals surface area contributed by atoms with E-state index in [1.165, 1.54) is 18.2 Å². The first-order valence-corrected chi connectivity index (χ1v) is 11.7. The molecule has 0 radical (unpaired) electrons. The lowest BCUT2D eigenvalue weighted by molar-refractivity contribution is -0.257. The molecule has 2 aliphatic rings. The van der Waals surface area contributed by atoms with E-state index in [4.69, 9.17) is 0 Å². The van der Waals surface area contributed by atoms with Crippen LogP contribution in [-0.4, -0.2) is 54.8 Å². The molecule has 3 N–H and O–H groups in total. The van der Waals surface area contributed by atoms with E-state index >= 15 is 0 Å². The number of alkyl halides is 3. The van der Waals surface area contributed by atoms with Crippen molar-refractivity contribution < 1.29 is 27.9 Å². The topological polar surface area (TPSA) is 94.6 Å². The van der Waals surface area contributed by atoms with Crippen molar-refractivity contribution in [3.05, 3.63) is 59.8 Å². The quantitative estimate of drug-likeness (QED) is 0.555. The molecule has 2 fully saturated rings. The van der Waals surface area contributed by atoms with Crippen LogP contribution in [0.1, 0.15) is 35.2 Å². The number of aromatic nitrogens is 1. The fourth-order valence-electron chi connectivity index (χ4n) is 4.95. The first-order valence-electron chi connectivity index (χ1n) is 11.7. The summed E-state index contributed by atoms with van der Waals surface area (Å²) in [5.74, 6) is 0.0532. The number of hydrogen-bond acceptors (Lipinski definition) is 5. The molecule has 1 aromatic heterocycles. The van der Waals surface area contributed by atoms with E-state index in [0.29, 0.717) is 17.4 Å². The van der Waals surface area contributed by atoms with E-state index < -0.39 is 23.2 Å². The van der Waals surface area contributed by atoms with E-state index in [9.17, 15) is 27.9 Å². The van der Waals surface area contributed by atoms with Gasteiger partial charge in [0.1, 0.15) is 5.82 Å². The predicted molar refractivity (Wildman–Crippen MR) is 124 cm³/mol. The van der Waals surface area contributed by atoms with Gasteiger partial charge in [-0.05, 0) is 49.1 Å². The van der Waals surface area contributed by atoms with Gasteiger partial charge in [0, 0.05) is 38.4 Å². The summed E-state index contributed by atoms with van der Waals surface area (Å²) in [5.41, 5.74) is -3.58. The largest absolute Gasteiger partial charge is 0.430 e. The number of aliphatic hydroxyl groups is 1. The molecule has 1 aliphatic carbocycles. The van der Waals surface area contributed by atoms with Crippen LogP contribution in [0.2, 0.25) is 0 Å². The summed E-state index contributed by atoms with van der Waals surface area (Å²) >= 11 is 0. The zero-order chi connectivity index (χ0) is 25.2. The average Bonchev–Trinajstić information content (AvgIpc) is 3.66. The zero-order valence-corrected chi connectivity index (χ0v) is 19.4. The Morgan fingerprint density at radius 2 is 1.80 bits per heavy atom. The third-order valence-corrected chi connectivity index (χ3v) is 7.14. The Bertz CT molecular complexity index is 1040. The molecule has 7 nitrogen and oxygen atoms in total. The number of piperidine rings is 1. The number of anilines is 1. The third-order valence-electron chi connectivity index (χ3n) is 7.14. The second-order valence-electron chi connectivity index (χ2n) is 9.25. The maximum Gasteiger partial charge on any atom is 0.430 e. The monoisotopic (exact) mass is 490 g/mol. The lowest BCUT2D eigenvalue weighted by Gasteiger charge is -2.33. The molecule has 2 aromatic rings. The Morgan fingerprint density at radius 3 is 2.37 bits per heavy atom. The van der Waals surface area contributed by atoms with Crippen molar-refractivity contribution in [2.45, 2.75) is 31.0 Å². The van der Waals surface area contributed by atoms with Gasteiger partial charge in [-0.25, -0.2) is 4.98 Å². The number of amides is 2. The van der Waals surface area contributed by atoms with Crippen LogP contribution in [0.25, 0.3) is 0 Å². The van der Waals surface area contributed by atoms with Gasteiger partial charge in [0.25, 0.3) is 17.4 Å². The molecule has 0 bridgehead atoms. The highest BCUT2D eigenvalue weighted by atomic mass is 19.4. The van der Waals surface area contributed by atoms with Crippen molar-refractivity contribution >= 4 is 17.6 Å². The van der Waals surface area contributed by atoms with Gasteiger partial charge >= 0.3 is 6.18 Å². The molecule has 2 amide bonds. The minimum Gasteiger partial charge on any atom is -0.369 e. The minimum atomic E-state index is -5.14. The summed E-state index contributed by atoms with van der Waals surface area (Å²) < 4.78 is 41.0. The van der Waals surface area contributed by atoms with E-state index in [-0.39, 0.29) is 18.4 Å². The number of pyridine rings is 1. The Kier molecular flexibility index (Phi) is 7.02. The van der Waals surface area contributed by atoms with Gasteiger partial charge in [0.05, 0.1) is 5.56 Å². The van der Waals surface area contributed by atoms with Gasteiger partial charge in [-0.2, -0.15) is 13.2 Å². The molecule has 10 heteroatoms. The SMILES string of the molecule is CNC(=O)c1ccc(N2CCC([C@H]3C[C@H]3CNC(=O)C(O)(c3ccccc3)C(F)(F)F)CC2)nc1. The fraction of sp³-hybridized carbons (Fsp3) is 0.480. The summed E-state index contributed by atoms with van der Waals surface area (Å²) in [7, 11) is 1.57. The van der Waals surface area contributed by atoms with Crippen LogP contribution >= 0.6 is 0 Å². The van der Waals surface area contributed by atoms with Crippen LogP contribution in [0.3, 0.4) is 0 Å². The van der Waals surface area contributed by atoms with Crippen LogP contribution in [0.15, 0.2) is 48.7 Å². The zero-order valence-electron chi connectivity index (χ0n) is 19.4. The number of halogens is 3. The van der Waals surface area contributed by atoms with Crippen molar-refractivity contribution in [1.29, 1.82) is 0 Å². The number of nitrogens with zero attached hydrogens (tertiary/aromatic N) is 2. The molecular weight excluding hydrogens is 461 g/mol. The number of nitrogens with one attached hydrogen (secondary N) is 2. The molecule has 1 saturated carbocycles. The molecule has 188 valence electrons. The van der Waals surface area contributed by atoms with Gasteiger partial charge < -0.3 is 20.6 Å². The Morgan fingerprint density at radius 1 is 1.11 bits per heavy atom. The van der Waals surface area contributed by atoms with Crippen molar-refractivity contribution in [3.8, 4) is 0 Å². The van der Waals surface area contributed by atoms with Crippen LogP contribution in [0.4, 0.5) is 19.0 Å². The van der Waals surface area contributed by atoms with E-state index in [0.717, 1.165) is 50.3 Å². The normalized spacial score (nSPS) is 22.3. The highest BCUT2D eigenvalue weighted by molar-refractivity contribution is 5.93. The van der Waals surface area contributed by atoms with Gasteiger partial charge in [-0.1, -0.05) is 30.3 Å². The van der Waals surface area contributed by atoms with Crippen LogP contribution in [0, 0.1) is 17.8 Å². The maximum absolute atomic E-state index is 13.7. The highest BCUT2D eigenvalue weighted by Crippen LogP contribution is 2.48. The van der Waals surface area contributed by atoms with Crippen molar-refractivity contribution in [2.24, 2.45) is 17.8 Å². The Balaban J connectivity index is 1.28. The number of carbonyl (C=O) groups excluding carboxylic acids is 2. The molecule has 1 aliphatic heterocycles. The smallest absolute Gasteiger partial charge is 0.369 e. The molecule has 1 saturated heterocycles. The lowest BCUT2D eigenvalue weighted by atomic mass is 9.90. The number of rotatable bonds is 7. The summed E-state index contributed by atoms with van der Waals surface area (Å²) in [4.78, 5) is 30.7. The molecule has 35 heavy (non-hydrogen) atoms. The Hall–Kier alpha value is -3.14. The summed E-state index contributed by atoms with van der Waals surface area (Å²) in [6.45, 7) is 1.71. The first kappa shape index (κ1) is 25.0. The molecule has 1 unspecified atom stereocenters. The van der Waals surface area contributed by atoms with E-state index in [1.54, 1.807) is 19.3 Å². The average molecular weight is 491 g/mol. The molecule has 1 aromatic carbocycles. The molecule has 2 heterocycles. The van der Waals surface area contributed by atoms with Crippen LogP contribution in [-0.2, 0) is 10.4 Å². The summed E-state index contributed by atoms with van der Waals surface area (Å²) in [6.07, 6.45) is -0.896. The third kappa shape index (κ3) is 5.12. The summed E-state index contributed by atoms with van der Waals surface area (Å²) in [5, 5.41) is 15.3. The second-order valence-corrected chi connectivity index (χ2v) is 9.25. The van der Waals surface area contributed by atoms with Crippen molar-refractivity contribution in [1.82, 2.24) is 15.6 Å². The Labute approximate surface area is 201 Å². The predicted octanol–water partition coefficient (Wildman–Crippen LogP) is 2.86. The van der Waals surface area contributed by atoms with Crippen LogP contribution < -0.4 is 15.5 Å². The number of benzene rings is 1.